The summed E-state index contributed by atoms with van der Waals surface area (Å²) in [5.41, 5.74) is 0. The highest BCUT2D eigenvalue weighted by atomic mass is 16.4. The van der Waals surface area contributed by atoms with Gasteiger partial charge in [-0.1, -0.05) is 0 Å². The second-order valence-corrected chi connectivity index (χ2v) is 1.92. The molecule has 5 nitrogen and oxygen atoms in total. The largest absolute Gasteiger partial charge is 0.480 e. The number of hydrogen-bond acceptors (Lipinski definition) is 3. The molecule has 0 fully saturated rings. The lowest BCUT2D eigenvalue weighted by Crippen LogP contribution is -2.13. The summed E-state index contributed by atoms with van der Waals surface area (Å²) in [5, 5.41) is 15.4. The second kappa shape index (κ2) is 2.47. The number of carboxylic acid groups (broad SMARTS) is 1. The zero-order valence-electron chi connectivity index (χ0n) is 5.43. The molecule has 1 heterocycles. The summed E-state index contributed by atoms with van der Waals surface area (Å²) in [7, 11) is 0. The minimum atomic E-state index is -0.889. The molecular weight excluding hydrogens is 134 g/mol. The molecule has 0 spiro atoms. The lowest BCUT2D eigenvalue weighted by Gasteiger charge is -2.03. The quantitative estimate of drug-likeness (QED) is 0.625. The van der Waals surface area contributed by atoms with Crippen molar-refractivity contribution in [3.8, 4) is 0 Å². The topological polar surface area (TPSA) is 68.0 Å². The van der Waals surface area contributed by atoms with Gasteiger partial charge < -0.3 is 9.67 Å². The summed E-state index contributed by atoms with van der Waals surface area (Å²) in [6.07, 6.45) is 2.75. The van der Waals surface area contributed by atoms with E-state index in [4.69, 9.17) is 5.11 Å². The number of aliphatic carboxylic acids is 1. The van der Waals surface area contributed by atoms with Crippen LogP contribution in [0.2, 0.25) is 0 Å². The smallest absolute Gasteiger partial charge is 0.326 e. The van der Waals surface area contributed by atoms with Gasteiger partial charge in [0.15, 0.2) is 0 Å². The summed E-state index contributed by atoms with van der Waals surface area (Å²) >= 11 is 0. The first-order valence-corrected chi connectivity index (χ1v) is 2.78. The van der Waals surface area contributed by atoms with Crippen molar-refractivity contribution >= 4 is 5.97 Å². The van der Waals surface area contributed by atoms with Crippen LogP contribution >= 0.6 is 0 Å². The van der Waals surface area contributed by atoms with Gasteiger partial charge in [-0.2, -0.15) is 0 Å². The Balaban J connectivity index is 2.77. The van der Waals surface area contributed by atoms with E-state index in [1.54, 1.807) is 6.92 Å². The first kappa shape index (κ1) is 6.73. The maximum Gasteiger partial charge on any atom is 0.326 e. The molecule has 1 N–H and O–H groups in total. The van der Waals surface area contributed by atoms with Gasteiger partial charge >= 0.3 is 5.97 Å². The highest BCUT2D eigenvalue weighted by Crippen LogP contribution is 2.01. The molecule has 10 heavy (non-hydrogen) atoms. The molecule has 1 atom stereocenters. The van der Waals surface area contributed by atoms with Crippen molar-refractivity contribution in [3.63, 3.8) is 0 Å². The van der Waals surface area contributed by atoms with Gasteiger partial charge in [-0.25, -0.2) is 4.79 Å². The Kier molecular flexibility index (Phi) is 1.66. The van der Waals surface area contributed by atoms with Gasteiger partial charge in [-0.3, -0.25) is 0 Å². The summed E-state index contributed by atoms with van der Waals surface area (Å²) in [4.78, 5) is 10.3. The van der Waals surface area contributed by atoms with Crippen molar-refractivity contribution in [1.29, 1.82) is 0 Å². The first-order chi connectivity index (χ1) is 4.72. The number of nitrogens with zero attached hydrogens (tertiary/aromatic N) is 3. The number of hydrogen-bond donors (Lipinski definition) is 1. The summed E-state index contributed by atoms with van der Waals surface area (Å²) in [6, 6.07) is -0.588. The van der Waals surface area contributed by atoms with E-state index in [2.05, 4.69) is 10.2 Å². The maximum absolute atomic E-state index is 10.3. The van der Waals surface area contributed by atoms with Gasteiger partial charge in [0, 0.05) is 0 Å². The summed E-state index contributed by atoms with van der Waals surface area (Å²) in [5.74, 6) is -0.889. The zero-order chi connectivity index (χ0) is 7.56. The van der Waals surface area contributed by atoms with Crippen LogP contribution in [0.5, 0.6) is 0 Å². The molecule has 1 aromatic heterocycles. The molecule has 0 aliphatic carbocycles. The highest BCUT2D eigenvalue weighted by Gasteiger charge is 2.11. The zero-order valence-corrected chi connectivity index (χ0v) is 5.43. The molecular formula is C5H7N3O2. The molecule has 0 saturated heterocycles. The molecule has 1 aromatic rings. The van der Waals surface area contributed by atoms with Crippen molar-refractivity contribution < 1.29 is 9.90 Å². The van der Waals surface area contributed by atoms with E-state index in [1.807, 2.05) is 0 Å². The van der Waals surface area contributed by atoms with Gasteiger partial charge in [0.2, 0.25) is 0 Å². The van der Waals surface area contributed by atoms with Gasteiger partial charge in [-0.05, 0) is 6.92 Å². The van der Waals surface area contributed by atoms with E-state index < -0.39 is 12.0 Å². The minimum Gasteiger partial charge on any atom is -0.480 e. The Labute approximate surface area is 57.3 Å². The van der Waals surface area contributed by atoms with Crippen LogP contribution in [0.25, 0.3) is 0 Å². The molecule has 0 unspecified atom stereocenters. The maximum atomic E-state index is 10.3. The van der Waals surface area contributed by atoms with E-state index in [0.29, 0.717) is 0 Å². The molecule has 0 aliphatic rings. The highest BCUT2D eigenvalue weighted by molar-refractivity contribution is 5.71. The molecule has 1 rings (SSSR count). The van der Waals surface area contributed by atoms with Crippen LogP contribution in [-0.2, 0) is 4.79 Å². The second-order valence-electron chi connectivity index (χ2n) is 1.92. The van der Waals surface area contributed by atoms with E-state index in [1.165, 1.54) is 17.2 Å². The normalized spacial score (nSPS) is 12.9. The lowest BCUT2D eigenvalue weighted by molar-refractivity contribution is -0.140. The first-order valence-electron chi connectivity index (χ1n) is 2.78. The van der Waals surface area contributed by atoms with Crippen LogP contribution in [0.4, 0.5) is 0 Å². The molecule has 0 bridgehead atoms. The van der Waals surface area contributed by atoms with E-state index >= 15 is 0 Å². The van der Waals surface area contributed by atoms with E-state index in [-0.39, 0.29) is 0 Å². The fourth-order valence-corrected chi connectivity index (χ4v) is 0.536. The third kappa shape index (κ3) is 1.12. The van der Waals surface area contributed by atoms with Crippen molar-refractivity contribution in [2.24, 2.45) is 0 Å². The Morgan fingerprint density at radius 2 is 2.10 bits per heavy atom. The molecule has 0 saturated carbocycles. The standard InChI is InChI=1S/C5H7N3O2/c1-4(5(9)10)8-2-6-7-3-8/h2-4H,1H3,(H,9,10)/t4-/m0/s1. The van der Waals surface area contributed by atoms with Gasteiger partial charge in [0.25, 0.3) is 0 Å². The Bertz CT molecular complexity index is 219. The summed E-state index contributed by atoms with van der Waals surface area (Å²) < 4.78 is 1.42. The van der Waals surface area contributed by atoms with Crippen molar-refractivity contribution in [3.05, 3.63) is 12.7 Å². The van der Waals surface area contributed by atoms with E-state index in [0.717, 1.165) is 0 Å². The summed E-state index contributed by atoms with van der Waals surface area (Å²) in [6.45, 7) is 1.56. The monoisotopic (exact) mass is 141 g/mol. The van der Waals surface area contributed by atoms with Crippen LogP contribution in [-0.4, -0.2) is 25.8 Å². The predicted molar refractivity (Wildman–Crippen MR) is 32.4 cm³/mol. The minimum absolute atomic E-state index is 0.588. The molecule has 0 radical (unpaired) electrons. The molecule has 54 valence electrons. The van der Waals surface area contributed by atoms with Crippen LogP contribution in [0, 0.1) is 0 Å². The van der Waals surface area contributed by atoms with E-state index in [9.17, 15) is 4.79 Å². The van der Waals surface area contributed by atoms with Crippen molar-refractivity contribution in [1.82, 2.24) is 14.8 Å². The van der Waals surface area contributed by atoms with Crippen LogP contribution in [0.15, 0.2) is 12.7 Å². The SMILES string of the molecule is C[C@@H](C(=O)O)n1cnnc1. The Morgan fingerprint density at radius 3 is 2.50 bits per heavy atom. The third-order valence-corrected chi connectivity index (χ3v) is 1.24. The van der Waals surface area contributed by atoms with Crippen LogP contribution in [0.3, 0.4) is 0 Å². The molecule has 0 aromatic carbocycles. The van der Waals surface area contributed by atoms with Gasteiger partial charge in [0.1, 0.15) is 18.7 Å². The number of aromatic nitrogens is 3. The molecule has 5 heteroatoms. The fourth-order valence-electron chi connectivity index (χ4n) is 0.536. The number of carbonyl (C=O) groups is 1. The Hall–Kier alpha value is -1.39. The van der Waals surface area contributed by atoms with Crippen LogP contribution < -0.4 is 0 Å². The number of carboxylic acids is 1. The lowest BCUT2D eigenvalue weighted by atomic mass is 10.3. The van der Waals surface area contributed by atoms with Crippen LogP contribution in [0.1, 0.15) is 13.0 Å². The van der Waals surface area contributed by atoms with Gasteiger partial charge in [0.05, 0.1) is 0 Å². The molecule has 0 amide bonds. The average molecular weight is 141 g/mol. The van der Waals surface area contributed by atoms with Crippen molar-refractivity contribution in [2.45, 2.75) is 13.0 Å². The van der Waals surface area contributed by atoms with Crippen molar-refractivity contribution in [2.75, 3.05) is 0 Å². The average Bonchev–Trinajstić information content (AvgIpc) is 2.36. The Morgan fingerprint density at radius 1 is 1.60 bits per heavy atom. The van der Waals surface area contributed by atoms with Gasteiger partial charge in [-0.15, -0.1) is 10.2 Å². The third-order valence-electron chi connectivity index (χ3n) is 1.24. The predicted octanol–water partition coefficient (Wildman–Crippen LogP) is -0.0763. The molecule has 0 aliphatic heterocycles. The number of rotatable bonds is 2. The fraction of sp³-hybridized carbons (Fsp3) is 0.400.